The minimum atomic E-state index is -1.59. The number of esters is 2. The molecule has 0 aliphatic heterocycles. The summed E-state index contributed by atoms with van der Waals surface area (Å²) in [6.45, 7) is 5.00. The monoisotopic (exact) mass is 1730 g/mol. The second-order valence-electron chi connectivity index (χ2n) is 26.7. The van der Waals surface area contributed by atoms with E-state index in [1.165, 1.54) is 72.4 Å². The average molecular weight is 1740 g/mol. The number of carboxylic acid groups (broad SMARTS) is 1. The molecule has 6 aromatic heterocycles. The van der Waals surface area contributed by atoms with E-state index in [1.807, 2.05) is 30.8 Å². The molecule has 15 rings (SSSR count). The van der Waals surface area contributed by atoms with Crippen molar-refractivity contribution in [2.75, 3.05) is 18.5 Å². The molecule has 0 amide bonds. The fourth-order valence-corrected chi connectivity index (χ4v) is 17.5. The second-order valence-corrected chi connectivity index (χ2v) is 31.9. The van der Waals surface area contributed by atoms with Gasteiger partial charge in [0.15, 0.2) is 29.1 Å². The molecule has 0 bridgehead atoms. The third kappa shape index (κ3) is 19.5. The summed E-state index contributed by atoms with van der Waals surface area (Å²) in [5.41, 5.74) is 4.83. The largest absolute Gasteiger partial charge is 1.00 e. The maximum atomic E-state index is 15.6. The summed E-state index contributed by atoms with van der Waals surface area (Å²) in [4.78, 5) is 38.6. The number of aromatic nitrogens is 9. The Labute approximate surface area is 713 Å². The van der Waals surface area contributed by atoms with E-state index in [9.17, 15) is 19.5 Å². The molecule has 6 heterocycles. The van der Waals surface area contributed by atoms with Gasteiger partial charge in [-0.3, -0.25) is 14.5 Å². The maximum absolute atomic E-state index is 15.6. The molecule has 6 aromatic carbocycles. The number of benzene rings is 6. The number of nitrogens with one attached hydrogen (secondary N) is 1. The number of terminal acetylenes is 3. The van der Waals surface area contributed by atoms with E-state index in [4.69, 9.17) is 63.5 Å². The van der Waals surface area contributed by atoms with Gasteiger partial charge in [-0.25, -0.2) is 35.9 Å². The summed E-state index contributed by atoms with van der Waals surface area (Å²) in [5.74, 6) is 1.50. The number of aryl methyl sites for hydroxylation is 2. The van der Waals surface area contributed by atoms with Crippen molar-refractivity contribution >= 4 is 137 Å². The zero-order valence-corrected chi connectivity index (χ0v) is 70.6. The van der Waals surface area contributed by atoms with Crippen molar-refractivity contribution in [3.63, 3.8) is 0 Å². The van der Waals surface area contributed by atoms with Crippen LogP contribution in [0.2, 0.25) is 15.1 Å². The molecule has 3 aliphatic rings. The molecule has 0 spiro atoms. The van der Waals surface area contributed by atoms with Crippen LogP contribution in [-0.4, -0.2) is 79.9 Å². The number of fused-ring (bicyclic) bond motifs is 3. The summed E-state index contributed by atoms with van der Waals surface area (Å²) in [6.07, 6.45) is 39.9. The molecular formula is C85H74BrCl3F6N9NaO6S3. The topological polar surface area (TPSA) is 172 Å². The Balaban J connectivity index is 0.000000161. The van der Waals surface area contributed by atoms with Crippen molar-refractivity contribution in [1.82, 2.24) is 43.5 Å². The van der Waals surface area contributed by atoms with Gasteiger partial charge in [0.2, 0.25) is 0 Å². The molecule has 3 saturated carbocycles. The molecule has 0 atom stereocenters. The van der Waals surface area contributed by atoms with Gasteiger partial charge in [0.05, 0.1) is 97.6 Å². The van der Waals surface area contributed by atoms with Crippen molar-refractivity contribution in [2.45, 2.75) is 170 Å². The molecule has 0 radical (unpaired) electrons. The molecule has 29 heteroatoms. The molecule has 1 N–H and O–H groups in total. The number of aromatic carboxylic acids is 1. The van der Waals surface area contributed by atoms with Gasteiger partial charge >= 0.3 is 41.5 Å². The van der Waals surface area contributed by atoms with Gasteiger partial charge in [0, 0.05) is 142 Å². The molecule has 15 nitrogen and oxygen atoms in total. The number of ether oxygens (including phenoxy) is 2. The summed E-state index contributed by atoms with van der Waals surface area (Å²) in [7, 11) is 0. The number of unbranched alkanes of at least 4 members (excludes halogenated alkanes) is 6. The first-order valence-corrected chi connectivity index (χ1v) is 41.4. The average Bonchev–Trinajstić information content (AvgIpc) is 1.69. The number of hydrogen-bond donors (Lipinski definition) is 1. The summed E-state index contributed by atoms with van der Waals surface area (Å²) >= 11 is 25.3. The summed E-state index contributed by atoms with van der Waals surface area (Å²) in [5, 5.41) is 30.0. The Morgan fingerprint density at radius 1 is 0.509 bits per heavy atom. The van der Waals surface area contributed by atoms with Gasteiger partial charge in [-0.05, 0) is 158 Å². The second kappa shape index (κ2) is 40.0. The number of nitrogens with zero attached hydrogens (tertiary/aromatic N) is 8. The standard InChI is InChI=1S/C29H26ClF2N3O2S.C27H22ClF2N3O2S.C23H18ClF2N3O2S.C6H9Br.Na/c1-3-5-6-7-15-34-17-19(16-33-34)35-26(18-11-12-18)28(21-13-14-22(30)25(32)27(21)35)38-23-10-8-9-20(24(23)31)29(36)37-4-2;1-2-3-4-5-13-32-15-17(14-31-32)33-24(16-9-10-16)26(19-11-12-20(28)23(30)25(19)33)36-21-8-6-7-18(22(21)29)27(34)35;1-2-31-23(30)14-4-3-5-17(18(14)25)32-22-15-8-9-16(24)19(26)21(15)29(13-10-27-28-11-13)20(22)12-6-7-12;1-2-3-4-5-6-7;/h1,8-10,13-14,16-18H,4-7,11-12,15H2,2H3;1,6-8,11-12,14-16H,3-5,9-10,13H2,(H,34,35);3-5,8-12H,2,6-7H2,1H3,(H,27,28);1H,3-6H2;/q;;;;+1/p-1. The van der Waals surface area contributed by atoms with Crippen LogP contribution in [0.15, 0.2) is 158 Å². The Morgan fingerprint density at radius 3 is 1.18 bits per heavy atom. The van der Waals surface area contributed by atoms with Crippen LogP contribution in [0.5, 0.6) is 0 Å². The van der Waals surface area contributed by atoms with E-state index in [-0.39, 0.29) is 107 Å². The van der Waals surface area contributed by atoms with E-state index in [2.05, 4.69) is 54.1 Å². The van der Waals surface area contributed by atoms with E-state index < -0.39 is 58.4 Å². The van der Waals surface area contributed by atoms with Crippen LogP contribution < -0.4 is 34.7 Å². The van der Waals surface area contributed by atoms with E-state index in [1.54, 1.807) is 85.8 Å². The number of carbonyl (C=O) groups is 3. The zero-order chi connectivity index (χ0) is 80.1. The van der Waals surface area contributed by atoms with Crippen molar-refractivity contribution in [3.8, 4) is 54.1 Å². The minimum absolute atomic E-state index is 0. The van der Waals surface area contributed by atoms with E-state index in [0.29, 0.717) is 75.1 Å². The Kier molecular flexibility index (Phi) is 30.3. The first kappa shape index (κ1) is 86.5. The molecule has 584 valence electrons. The predicted molar refractivity (Wildman–Crippen MR) is 434 cm³/mol. The molecule has 3 aliphatic carbocycles. The number of rotatable bonds is 28. The van der Waals surface area contributed by atoms with Crippen LogP contribution >= 0.6 is 86.0 Å². The van der Waals surface area contributed by atoms with Gasteiger partial charge in [-0.15, -0.1) is 37.0 Å². The zero-order valence-electron chi connectivity index (χ0n) is 62.3. The molecule has 12 aromatic rings. The van der Waals surface area contributed by atoms with Gasteiger partial charge in [-0.1, -0.05) is 110 Å². The van der Waals surface area contributed by atoms with E-state index >= 15 is 26.3 Å². The van der Waals surface area contributed by atoms with Crippen LogP contribution in [0.4, 0.5) is 26.3 Å². The fourth-order valence-electron chi connectivity index (χ4n) is 13.1. The van der Waals surface area contributed by atoms with Gasteiger partial charge in [-0.2, -0.15) is 15.3 Å². The number of alkyl halides is 1. The number of halogens is 10. The maximum Gasteiger partial charge on any atom is 1.00 e. The minimum Gasteiger partial charge on any atom is -0.545 e. The van der Waals surface area contributed by atoms with Crippen molar-refractivity contribution in [3.05, 3.63) is 212 Å². The van der Waals surface area contributed by atoms with Gasteiger partial charge < -0.3 is 33.1 Å². The molecular weight excluding hydrogens is 1660 g/mol. The quantitative estimate of drug-likeness (QED) is 0.0123. The van der Waals surface area contributed by atoms with Gasteiger partial charge in [0.1, 0.15) is 5.82 Å². The molecule has 3 fully saturated rings. The number of H-pyrrole nitrogens is 1. The SMILES string of the molecule is C#CCCCCBr.C#CCCCCn1cc(-n2c(C3CC3)c(Sc3cccc(C(=O)OCC)c3F)c3ccc(Cl)c(F)c32)cn1.C#CCCCCn1cc(-n2c(C3CC3)c(Sc3cccc(C(=O)[O-])c3F)c3ccc(Cl)c(F)c32)cn1.CCOC(=O)c1cccc(Sc2c(C3CC3)n(-c3cn[nH]c3)c3c(F)c(Cl)ccc23)c1F.[Na+]. The van der Waals surface area contributed by atoms with Crippen LogP contribution in [-0.2, 0) is 22.6 Å². The third-order valence-electron chi connectivity index (χ3n) is 18.8. The smallest absolute Gasteiger partial charge is 0.545 e. The summed E-state index contributed by atoms with van der Waals surface area (Å²) < 4.78 is 111. The van der Waals surface area contributed by atoms with Crippen LogP contribution in [0.3, 0.4) is 0 Å². The Hall–Kier alpha value is -8.36. The number of hydrogen-bond acceptors (Lipinski definition) is 12. The third-order valence-corrected chi connectivity index (χ3v) is 23.7. The Bertz CT molecular complexity index is 5660. The number of carboxylic acids is 1. The van der Waals surface area contributed by atoms with Crippen molar-refractivity contribution in [2.24, 2.45) is 0 Å². The molecule has 0 saturated heterocycles. The van der Waals surface area contributed by atoms with Crippen molar-refractivity contribution in [1.29, 1.82) is 0 Å². The van der Waals surface area contributed by atoms with Crippen LogP contribution in [0.25, 0.3) is 49.8 Å². The molecule has 0 unspecified atom stereocenters. The fraction of sp³-hybridized carbons (Fsp3) is 0.294. The van der Waals surface area contributed by atoms with Crippen LogP contribution in [0.1, 0.15) is 176 Å². The normalized spacial score (nSPS) is 12.9. The first-order chi connectivity index (χ1) is 54.8. The summed E-state index contributed by atoms with van der Waals surface area (Å²) in [6, 6.07) is 23.1. The number of carbonyl (C=O) groups excluding carboxylic acids is 3. The van der Waals surface area contributed by atoms with Crippen LogP contribution in [0, 0.1) is 71.9 Å². The van der Waals surface area contributed by atoms with E-state index in [0.717, 1.165) is 127 Å². The first-order valence-electron chi connectivity index (χ1n) is 36.7. The Morgan fingerprint density at radius 2 is 0.860 bits per heavy atom. The van der Waals surface area contributed by atoms with Crippen molar-refractivity contribution < 1.29 is 84.9 Å². The number of aromatic amines is 1. The predicted octanol–water partition coefficient (Wildman–Crippen LogP) is 19.4. The molecule has 114 heavy (non-hydrogen) atoms. The van der Waals surface area contributed by atoms with Gasteiger partial charge in [0.25, 0.3) is 0 Å².